The van der Waals surface area contributed by atoms with Crippen molar-refractivity contribution < 1.29 is 13.2 Å². The molecule has 2 heterocycles. The molecular weight excluding hydrogens is 404 g/mol. The molecule has 1 amide bonds. The van der Waals surface area contributed by atoms with E-state index < -0.39 is 10.0 Å². The molecule has 0 radical (unpaired) electrons. The number of piperazine rings is 1. The van der Waals surface area contributed by atoms with E-state index in [9.17, 15) is 13.2 Å². The SMILES string of the molecule is CN(C)c1cccc(C(=O)NCCCS(=O)(=O)N2CCN(c3ncccn3)CC2)c1. The number of nitrogens with zero attached hydrogens (tertiary/aromatic N) is 5. The van der Waals surface area contributed by atoms with Crippen molar-refractivity contribution in [1.82, 2.24) is 19.6 Å². The molecule has 30 heavy (non-hydrogen) atoms. The Hall–Kier alpha value is -2.72. The van der Waals surface area contributed by atoms with E-state index >= 15 is 0 Å². The average molecular weight is 433 g/mol. The van der Waals surface area contributed by atoms with Gasteiger partial charge in [-0.05, 0) is 30.7 Å². The third kappa shape index (κ3) is 5.67. The van der Waals surface area contributed by atoms with Crippen LogP contribution >= 0.6 is 0 Å². The zero-order chi connectivity index (χ0) is 21.6. The second-order valence-corrected chi connectivity index (χ2v) is 9.39. The van der Waals surface area contributed by atoms with Gasteiger partial charge < -0.3 is 15.1 Å². The van der Waals surface area contributed by atoms with Crippen LogP contribution in [0.25, 0.3) is 0 Å². The fraction of sp³-hybridized carbons (Fsp3) is 0.450. The van der Waals surface area contributed by atoms with Gasteiger partial charge in [0.25, 0.3) is 5.91 Å². The standard InChI is InChI=1S/C20H28N6O3S/c1-24(2)18-7-3-6-17(16-18)19(27)21-10-5-15-30(28,29)26-13-11-25(12-14-26)20-22-8-4-9-23-20/h3-4,6-9,16H,5,10-15H2,1-2H3,(H,21,27). The van der Waals surface area contributed by atoms with Crippen LogP contribution in [0.1, 0.15) is 16.8 Å². The van der Waals surface area contributed by atoms with Crippen LogP contribution < -0.4 is 15.1 Å². The highest BCUT2D eigenvalue weighted by molar-refractivity contribution is 7.89. The fourth-order valence-electron chi connectivity index (χ4n) is 3.23. The van der Waals surface area contributed by atoms with E-state index in [1.165, 1.54) is 4.31 Å². The summed E-state index contributed by atoms with van der Waals surface area (Å²) in [6.45, 7) is 2.24. The number of nitrogens with one attached hydrogen (secondary N) is 1. The monoisotopic (exact) mass is 432 g/mol. The first-order valence-corrected chi connectivity index (χ1v) is 11.5. The van der Waals surface area contributed by atoms with Crippen LogP contribution in [0, 0.1) is 0 Å². The Morgan fingerprint density at radius 1 is 1.10 bits per heavy atom. The number of sulfonamides is 1. The van der Waals surface area contributed by atoms with Crippen LogP contribution in [0.2, 0.25) is 0 Å². The predicted molar refractivity (Wildman–Crippen MR) is 117 cm³/mol. The van der Waals surface area contributed by atoms with E-state index in [-0.39, 0.29) is 11.7 Å². The van der Waals surface area contributed by atoms with E-state index in [0.717, 1.165) is 5.69 Å². The van der Waals surface area contributed by atoms with E-state index in [2.05, 4.69) is 15.3 Å². The Morgan fingerprint density at radius 3 is 2.47 bits per heavy atom. The molecule has 0 unspecified atom stereocenters. The first kappa shape index (κ1) is 22.0. The molecule has 9 nitrogen and oxygen atoms in total. The first-order valence-electron chi connectivity index (χ1n) is 9.92. The maximum atomic E-state index is 12.6. The molecule has 0 saturated carbocycles. The van der Waals surface area contributed by atoms with Crippen molar-refractivity contribution in [2.75, 3.05) is 62.4 Å². The number of hydrogen-bond acceptors (Lipinski definition) is 7. The summed E-state index contributed by atoms with van der Waals surface area (Å²) in [5.41, 5.74) is 1.49. The molecule has 0 bridgehead atoms. The van der Waals surface area contributed by atoms with Crippen LogP contribution in [0.15, 0.2) is 42.7 Å². The zero-order valence-corrected chi connectivity index (χ0v) is 18.2. The summed E-state index contributed by atoms with van der Waals surface area (Å²) in [6, 6.07) is 9.06. The van der Waals surface area contributed by atoms with Crippen molar-refractivity contribution in [2.45, 2.75) is 6.42 Å². The van der Waals surface area contributed by atoms with Gasteiger partial charge in [-0.15, -0.1) is 0 Å². The Labute approximate surface area is 177 Å². The first-order chi connectivity index (χ1) is 14.4. The van der Waals surface area contributed by atoms with Crippen LogP contribution in [-0.4, -0.2) is 81.2 Å². The zero-order valence-electron chi connectivity index (χ0n) is 17.4. The number of anilines is 2. The van der Waals surface area contributed by atoms with Crippen molar-refractivity contribution >= 4 is 27.6 Å². The third-order valence-electron chi connectivity index (χ3n) is 4.96. The van der Waals surface area contributed by atoms with Crippen molar-refractivity contribution in [3.63, 3.8) is 0 Å². The normalized spacial score (nSPS) is 15.1. The highest BCUT2D eigenvalue weighted by Gasteiger charge is 2.27. The van der Waals surface area contributed by atoms with Gasteiger partial charge in [0, 0.05) is 70.5 Å². The largest absolute Gasteiger partial charge is 0.378 e. The fourth-order valence-corrected chi connectivity index (χ4v) is 4.72. The van der Waals surface area contributed by atoms with Gasteiger partial charge in [-0.1, -0.05) is 6.07 Å². The number of rotatable bonds is 8. The maximum Gasteiger partial charge on any atom is 0.251 e. The van der Waals surface area contributed by atoms with Gasteiger partial charge in [-0.2, -0.15) is 4.31 Å². The van der Waals surface area contributed by atoms with E-state index in [1.807, 2.05) is 42.1 Å². The number of aromatic nitrogens is 2. The van der Waals surface area contributed by atoms with Gasteiger partial charge in [-0.3, -0.25) is 4.79 Å². The quantitative estimate of drug-likeness (QED) is 0.617. The van der Waals surface area contributed by atoms with E-state index in [1.54, 1.807) is 24.5 Å². The van der Waals surface area contributed by atoms with Crippen molar-refractivity contribution in [3.05, 3.63) is 48.3 Å². The number of carbonyl (C=O) groups is 1. The van der Waals surface area contributed by atoms with Gasteiger partial charge in [-0.25, -0.2) is 18.4 Å². The summed E-state index contributed by atoms with van der Waals surface area (Å²) in [5.74, 6) is 0.426. The average Bonchev–Trinajstić information content (AvgIpc) is 2.77. The lowest BCUT2D eigenvalue weighted by atomic mass is 10.2. The lowest BCUT2D eigenvalue weighted by Crippen LogP contribution is -2.49. The summed E-state index contributed by atoms with van der Waals surface area (Å²) in [7, 11) is 0.461. The predicted octanol–water partition coefficient (Wildman–Crippen LogP) is 0.815. The number of amides is 1. The van der Waals surface area contributed by atoms with Crippen molar-refractivity contribution in [2.24, 2.45) is 0 Å². The highest BCUT2D eigenvalue weighted by Crippen LogP contribution is 2.14. The van der Waals surface area contributed by atoms with Gasteiger partial charge in [0.15, 0.2) is 0 Å². The number of hydrogen-bond donors (Lipinski definition) is 1. The Kier molecular flexibility index (Phi) is 7.22. The topological polar surface area (TPSA) is 98.7 Å². The van der Waals surface area contributed by atoms with E-state index in [4.69, 9.17) is 0 Å². The Bertz CT molecular complexity index is 944. The molecule has 10 heteroatoms. The van der Waals surface area contributed by atoms with E-state index in [0.29, 0.717) is 50.7 Å². The summed E-state index contributed by atoms with van der Waals surface area (Å²) >= 11 is 0. The molecule has 2 aromatic rings. The molecule has 1 aromatic carbocycles. The summed E-state index contributed by atoms with van der Waals surface area (Å²) in [4.78, 5) is 24.6. The minimum atomic E-state index is -3.36. The van der Waals surface area contributed by atoms with Gasteiger partial charge in [0.2, 0.25) is 16.0 Å². The molecule has 162 valence electrons. The van der Waals surface area contributed by atoms with Crippen molar-refractivity contribution in [3.8, 4) is 0 Å². The molecule has 1 saturated heterocycles. The molecule has 1 aromatic heterocycles. The minimum absolute atomic E-state index is 0.00680. The minimum Gasteiger partial charge on any atom is -0.378 e. The molecule has 0 aliphatic carbocycles. The molecule has 1 aliphatic heterocycles. The second kappa shape index (κ2) is 9.86. The Morgan fingerprint density at radius 2 is 1.80 bits per heavy atom. The summed E-state index contributed by atoms with van der Waals surface area (Å²) < 4.78 is 26.8. The molecule has 1 aliphatic rings. The molecule has 0 spiro atoms. The lowest BCUT2D eigenvalue weighted by Gasteiger charge is -2.33. The highest BCUT2D eigenvalue weighted by atomic mass is 32.2. The van der Waals surface area contributed by atoms with Crippen molar-refractivity contribution in [1.29, 1.82) is 0 Å². The Balaban J connectivity index is 1.43. The molecule has 1 N–H and O–H groups in total. The maximum absolute atomic E-state index is 12.6. The second-order valence-electron chi connectivity index (χ2n) is 7.31. The summed E-state index contributed by atoms with van der Waals surface area (Å²) in [5, 5.41) is 2.80. The number of carbonyl (C=O) groups excluding carboxylic acids is 1. The smallest absolute Gasteiger partial charge is 0.251 e. The lowest BCUT2D eigenvalue weighted by molar-refractivity contribution is 0.0953. The van der Waals surface area contributed by atoms with Gasteiger partial charge in [0.05, 0.1) is 5.75 Å². The van der Waals surface area contributed by atoms with Crippen LogP contribution in [-0.2, 0) is 10.0 Å². The molecule has 3 rings (SSSR count). The van der Waals surface area contributed by atoms with Crippen LogP contribution in [0.3, 0.4) is 0 Å². The van der Waals surface area contributed by atoms with Gasteiger partial charge in [0.1, 0.15) is 0 Å². The molecular formula is C20H28N6O3S. The number of benzene rings is 1. The summed E-state index contributed by atoms with van der Waals surface area (Å²) in [6.07, 6.45) is 3.72. The van der Waals surface area contributed by atoms with Crippen LogP contribution in [0.4, 0.5) is 11.6 Å². The molecule has 0 atom stereocenters. The van der Waals surface area contributed by atoms with Gasteiger partial charge >= 0.3 is 0 Å². The molecule has 1 fully saturated rings. The third-order valence-corrected chi connectivity index (χ3v) is 6.91. The van der Waals surface area contributed by atoms with Crippen LogP contribution in [0.5, 0.6) is 0 Å².